The van der Waals surface area contributed by atoms with E-state index >= 15 is 0 Å². The van der Waals surface area contributed by atoms with E-state index < -0.39 is 11.6 Å². The highest BCUT2D eigenvalue weighted by atomic mass is 16.5. The average molecular weight is 349 g/mol. The largest absolute Gasteiger partial charge is 0.545 e. The number of ether oxygens (including phenoxy) is 1. The van der Waals surface area contributed by atoms with Gasteiger partial charge in [-0.05, 0) is 46.3 Å². The highest BCUT2D eigenvalue weighted by molar-refractivity contribution is 5.85. The molecule has 0 amide bonds. The second-order valence-corrected chi connectivity index (χ2v) is 5.26. The lowest BCUT2D eigenvalue weighted by atomic mass is 10.2. The van der Waals surface area contributed by atoms with E-state index in [1.807, 2.05) is 0 Å². The summed E-state index contributed by atoms with van der Waals surface area (Å²) >= 11 is 0. The molecule has 4 aromatic rings. The van der Waals surface area contributed by atoms with Crippen molar-refractivity contribution < 1.29 is 19.1 Å². The summed E-state index contributed by atoms with van der Waals surface area (Å²) in [6, 6.07) is 13.8. The Balaban J connectivity index is 1.67. The molecule has 128 valence electrons. The second-order valence-electron chi connectivity index (χ2n) is 5.26. The number of nitrogens with zero attached hydrogens (tertiary/aromatic N) is 4. The number of tetrazole rings is 1. The number of carboxylic acid groups (broad SMARTS) is 1. The first kappa shape index (κ1) is 15.5. The first-order valence-electron chi connectivity index (χ1n) is 7.42. The number of carbonyl (C=O) groups is 1. The molecular weight excluding hydrogens is 340 g/mol. The third kappa shape index (κ3) is 2.88. The monoisotopic (exact) mass is 349 g/mol. The Labute approximate surface area is 145 Å². The predicted octanol–water partition coefficient (Wildman–Crippen LogP) is 0.924. The molecule has 4 rings (SSSR count). The lowest BCUT2D eigenvalue weighted by Gasteiger charge is -2.08. The van der Waals surface area contributed by atoms with E-state index in [1.165, 1.54) is 35.0 Å². The average Bonchev–Trinajstić information content (AvgIpc) is 3.09. The van der Waals surface area contributed by atoms with Crippen LogP contribution >= 0.6 is 0 Å². The molecule has 0 fully saturated rings. The molecule has 9 heteroatoms. The van der Waals surface area contributed by atoms with Crippen LogP contribution in [0.25, 0.3) is 16.7 Å². The lowest BCUT2D eigenvalue weighted by molar-refractivity contribution is -0.255. The van der Waals surface area contributed by atoms with E-state index in [2.05, 4.69) is 15.5 Å². The number of rotatable bonds is 4. The summed E-state index contributed by atoms with van der Waals surface area (Å²) < 4.78 is 12.1. The minimum atomic E-state index is -1.28. The molecule has 9 nitrogen and oxygen atoms in total. The van der Waals surface area contributed by atoms with Crippen molar-refractivity contribution in [2.24, 2.45) is 0 Å². The number of aromatic nitrogens is 4. The number of benzene rings is 2. The number of hydrogen-bond acceptors (Lipinski definition) is 8. The lowest BCUT2D eigenvalue weighted by Crippen LogP contribution is -2.22. The highest BCUT2D eigenvalue weighted by Gasteiger charge is 2.12. The second kappa shape index (κ2) is 6.13. The van der Waals surface area contributed by atoms with Crippen molar-refractivity contribution in [2.45, 2.75) is 0 Å². The number of fused-ring (bicyclic) bond motifs is 1. The van der Waals surface area contributed by atoms with Crippen LogP contribution in [0.5, 0.6) is 11.8 Å². The molecule has 0 aliphatic heterocycles. The van der Waals surface area contributed by atoms with Gasteiger partial charge in [0.05, 0.1) is 11.7 Å². The smallest absolute Gasteiger partial charge is 0.345 e. The predicted molar refractivity (Wildman–Crippen MR) is 86.0 cm³/mol. The highest BCUT2D eigenvalue weighted by Crippen LogP contribution is 2.24. The molecule has 2 heterocycles. The van der Waals surface area contributed by atoms with E-state index in [-0.39, 0.29) is 11.6 Å². The van der Waals surface area contributed by atoms with Crippen LogP contribution in [-0.4, -0.2) is 26.2 Å². The zero-order chi connectivity index (χ0) is 18.1. The summed E-state index contributed by atoms with van der Waals surface area (Å²) in [5.74, 6) is -0.906. The van der Waals surface area contributed by atoms with Gasteiger partial charge in [-0.2, -0.15) is 4.68 Å². The van der Waals surface area contributed by atoms with Crippen LogP contribution in [0.1, 0.15) is 10.4 Å². The molecule has 2 aromatic carbocycles. The van der Waals surface area contributed by atoms with Crippen LogP contribution in [-0.2, 0) is 0 Å². The van der Waals surface area contributed by atoms with Gasteiger partial charge in [-0.3, -0.25) is 0 Å². The van der Waals surface area contributed by atoms with Gasteiger partial charge >= 0.3 is 11.6 Å². The number of carbonyl (C=O) groups excluding carboxylic acids is 1. The SMILES string of the molecule is O=C([O-])c1ccc(-n2nnnc2Oc2ccc3ccc(=O)oc3c2)cc1. The molecule has 0 N–H and O–H groups in total. The van der Waals surface area contributed by atoms with Crippen molar-refractivity contribution in [1.29, 1.82) is 0 Å². The van der Waals surface area contributed by atoms with E-state index in [1.54, 1.807) is 24.3 Å². The van der Waals surface area contributed by atoms with Crippen molar-refractivity contribution in [3.05, 3.63) is 70.6 Å². The van der Waals surface area contributed by atoms with Gasteiger partial charge in [-0.1, -0.05) is 17.2 Å². The van der Waals surface area contributed by atoms with E-state index in [0.717, 1.165) is 5.39 Å². The minimum absolute atomic E-state index is 0.0360. The molecule has 0 saturated heterocycles. The Morgan fingerprint density at radius 2 is 1.85 bits per heavy atom. The summed E-state index contributed by atoms with van der Waals surface area (Å²) in [6.45, 7) is 0. The Hall–Kier alpha value is -4.01. The van der Waals surface area contributed by atoms with Gasteiger partial charge in [0.25, 0.3) is 0 Å². The van der Waals surface area contributed by atoms with Crippen LogP contribution in [0.2, 0.25) is 0 Å². The third-order valence-corrected chi connectivity index (χ3v) is 3.59. The minimum Gasteiger partial charge on any atom is -0.545 e. The quantitative estimate of drug-likeness (QED) is 0.498. The zero-order valence-electron chi connectivity index (χ0n) is 13.0. The molecule has 2 aromatic heterocycles. The Kier molecular flexibility index (Phi) is 3.66. The molecule has 26 heavy (non-hydrogen) atoms. The summed E-state index contributed by atoms with van der Waals surface area (Å²) in [4.78, 5) is 22.2. The van der Waals surface area contributed by atoms with Gasteiger partial charge < -0.3 is 19.1 Å². The van der Waals surface area contributed by atoms with Crippen LogP contribution in [0.3, 0.4) is 0 Å². The van der Waals surface area contributed by atoms with Crippen molar-refractivity contribution in [2.75, 3.05) is 0 Å². The third-order valence-electron chi connectivity index (χ3n) is 3.59. The molecular formula is C17H9N4O5-. The number of hydrogen-bond donors (Lipinski definition) is 0. The van der Waals surface area contributed by atoms with Crippen LogP contribution in [0.4, 0.5) is 0 Å². The topological polar surface area (TPSA) is 123 Å². The van der Waals surface area contributed by atoms with Crippen LogP contribution < -0.4 is 15.5 Å². The normalized spacial score (nSPS) is 10.8. The maximum Gasteiger partial charge on any atom is 0.345 e. The Morgan fingerprint density at radius 1 is 1.08 bits per heavy atom. The van der Waals surface area contributed by atoms with E-state index in [9.17, 15) is 14.7 Å². The van der Waals surface area contributed by atoms with Crippen LogP contribution in [0.15, 0.2) is 63.8 Å². The molecule has 0 radical (unpaired) electrons. The summed E-state index contributed by atoms with van der Waals surface area (Å²) in [7, 11) is 0. The molecule has 0 bridgehead atoms. The fourth-order valence-corrected chi connectivity index (χ4v) is 2.35. The summed E-state index contributed by atoms with van der Waals surface area (Å²) in [5, 5.41) is 22.8. The first-order chi connectivity index (χ1) is 12.6. The molecule has 0 spiro atoms. The van der Waals surface area contributed by atoms with Crippen molar-refractivity contribution in [1.82, 2.24) is 20.2 Å². The number of carboxylic acids is 1. The Morgan fingerprint density at radius 3 is 2.62 bits per heavy atom. The fraction of sp³-hybridized carbons (Fsp3) is 0. The van der Waals surface area contributed by atoms with Crippen molar-refractivity contribution in [3.8, 4) is 17.4 Å². The van der Waals surface area contributed by atoms with Crippen LogP contribution in [0, 0.1) is 0 Å². The van der Waals surface area contributed by atoms with Gasteiger partial charge in [0.15, 0.2) is 0 Å². The van der Waals surface area contributed by atoms with Crippen molar-refractivity contribution >= 4 is 16.9 Å². The first-order valence-corrected chi connectivity index (χ1v) is 7.42. The Bertz CT molecular complexity index is 1160. The number of aromatic carboxylic acids is 1. The van der Waals surface area contributed by atoms with Crippen molar-refractivity contribution in [3.63, 3.8) is 0 Å². The molecule has 0 atom stereocenters. The summed E-state index contributed by atoms with van der Waals surface area (Å²) in [5.41, 5.74) is 0.441. The van der Waals surface area contributed by atoms with E-state index in [0.29, 0.717) is 17.0 Å². The maximum atomic E-state index is 11.3. The molecule has 0 aliphatic carbocycles. The zero-order valence-corrected chi connectivity index (χ0v) is 13.0. The van der Waals surface area contributed by atoms with Gasteiger partial charge in [-0.25, -0.2) is 4.79 Å². The van der Waals surface area contributed by atoms with Gasteiger partial charge in [0.1, 0.15) is 11.3 Å². The van der Waals surface area contributed by atoms with Gasteiger partial charge in [0, 0.05) is 17.5 Å². The fourth-order valence-electron chi connectivity index (χ4n) is 2.35. The van der Waals surface area contributed by atoms with Gasteiger partial charge in [0.2, 0.25) is 0 Å². The van der Waals surface area contributed by atoms with E-state index in [4.69, 9.17) is 9.15 Å². The maximum absolute atomic E-state index is 11.3. The molecule has 0 unspecified atom stereocenters. The molecule has 0 saturated carbocycles. The molecule has 0 aliphatic rings. The van der Waals surface area contributed by atoms with Gasteiger partial charge in [-0.15, -0.1) is 0 Å². The summed E-state index contributed by atoms with van der Waals surface area (Å²) in [6.07, 6.45) is 0. The standard InChI is InChI=1S/C17H10N4O5/c22-15-8-4-10-3-7-13(9-14(10)26-15)25-17-18-19-20-21(17)12-5-1-11(2-6-12)16(23)24/h1-9H,(H,23,24)/p-1.